The summed E-state index contributed by atoms with van der Waals surface area (Å²) < 4.78 is 5.06. The molecule has 10 heteroatoms. The van der Waals surface area contributed by atoms with Gasteiger partial charge in [0.15, 0.2) is 10.9 Å². The summed E-state index contributed by atoms with van der Waals surface area (Å²) in [5.41, 5.74) is 3.09. The number of nitrogens with zero attached hydrogens (tertiary/aromatic N) is 2. The molecule has 1 unspecified atom stereocenters. The Morgan fingerprint density at radius 2 is 1.96 bits per heavy atom. The van der Waals surface area contributed by atoms with Gasteiger partial charge in [-0.3, -0.25) is 24.7 Å². The molecule has 1 atom stereocenters. The van der Waals surface area contributed by atoms with E-state index in [0.29, 0.717) is 17.3 Å². The van der Waals surface area contributed by atoms with Crippen molar-refractivity contribution in [2.45, 2.75) is 19.4 Å². The first-order chi connectivity index (χ1) is 13.4. The van der Waals surface area contributed by atoms with Crippen LogP contribution in [0.1, 0.15) is 23.9 Å². The molecule has 1 saturated heterocycles. The summed E-state index contributed by atoms with van der Waals surface area (Å²) in [6, 6.07) is 8.67. The zero-order valence-electron chi connectivity index (χ0n) is 14.8. The Labute approximate surface area is 171 Å². The average Bonchev–Trinajstić information content (AvgIpc) is 3.27. The van der Waals surface area contributed by atoms with Crippen LogP contribution in [0.5, 0.6) is 0 Å². The highest BCUT2D eigenvalue weighted by Gasteiger charge is 2.44. The number of halogens is 1. The number of furan rings is 1. The maximum Gasteiger partial charge on any atom is 0.305 e. The predicted octanol–water partition coefficient (Wildman–Crippen LogP) is 2.42. The van der Waals surface area contributed by atoms with E-state index >= 15 is 0 Å². The first-order valence-electron chi connectivity index (χ1n) is 8.45. The Kier molecular flexibility index (Phi) is 5.96. The van der Waals surface area contributed by atoms with Crippen LogP contribution in [-0.2, 0) is 9.59 Å². The van der Waals surface area contributed by atoms with Gasteiger partial charge in [0, 0.05) is 17.3 Å². The van der Waals surface area contributed by atoms with Crippen LogP contribution in [0.15, 0.2) is 47.1 Å². The van der Waals surface area contributed by atoms with Crippen LogP contribution in [0.3, 0.4) is 0 Å². The Bertz CT molecular complexity index is 901. The van der Waals surface area contributed by atoms with Crippen LogP contribution in [0.25, 0.3) is 0 Å². The minimum absolute atomic E-state index is 0.0644. The fourth-order valence-corrected chi connectivity index (χ4v) is 3.25. The third-order valence-corrected chi connectivity index (χ3v) is 4.76. The van der Waals surface area contributed by atoms with Gasteiger partial charge in [-0.2, -0.15) is 0 Å². The number of hydrazine groups is 1. The quantitative estimate of drug-likeness (QED) is 0.697. The fraction of sp³-hybridized carbons (Fsp3) is 0.222. The minimum atomic E-state index is -0.960. The van der Waals surface area contributed by atoms with Gasteiger partial charge >= 0.3 is 5.91 Å². The molecule has 8 nitrogen and oxygen atoms in total. The lowest BCUT2D eigenvalue weighted by atomic mass is 10.2. The molecule has 28 heavy (non-hydrogen) atoms. The van der Waals surface area contributed by atoms with Gasteiger partial charge in [0.2, 0.25) is 5.91 Å². The summed E-state index contributed by atoms with van der Waals surface area (Å²) in [7, 11) is 0. The van der Waals surface area contributed by atoms with Crippen molar-refractivity contribution in [2.24, 2.45) is 0 Å². The van der Waals surface area contributed by atoms with Gasteiger partial charge in [0.05, 0.1) is 12.7 Å². The predicted molar refractivity (Wildman–Crippen MR) is 106 cm³/mol. The van der Waals surface area contributed by atoms with E-state index < -0.39 is 17.9 Å². The molecule has 2 N–H and O–H groups in total. The van der Waals surface area contributed by atoms with Crippen LogP contribution in [0.2, 0.25) is 5.02 Å². The number of hydrogen-bond donors (Lipinski definition) is 2. The number of thiocarbonyl (C=S) groups is 1. The maximum absolute atomic E-state index is 12.7. The van der Waals surface area contributed by atoms with E-state index in [4.69, 9.17) is 28.2 Å². The average molecular weight is 421 g/mol. The molecular weight excluding hydrogens is 404 g/mol. The lowest BCUT2D eigenvalue weighted by Gasteiger charge is -2.23. The van der Waals surface area contributed by atoms with Crippen LogP contribution < -0.4 is 10.7 Å². The molecule has 1 aliphatic rings. The second-order valence-electron chi connectivity index (χ2n) is 5.93. The second-order valence-corrected chi connectivity index (χ2v) is 6.73. The minimum Gasteiger partial charge on any atom is -0.459 e. The third kappa shape index (κ3) is 4.15. The van der Waals surface area contributed by atoms with E-state index in [1.165, 1.54) is 22.2 Å². The lowest BCUT2D eigenvalue weighted by Crippen LogP contribution is -2.49. The van der Waals surface area contributed by atoms with Crippen LogP contribution >= 0.6 is 23.8 Å². The van der Waals surface area contributed by atoms with Crippen LogP contribution in [-0.4, -0.2) is 45.3 Å². The molecule has 1 aliphatic heterocycles. The van der Waals surface area contributed by atoms with Crippen molar-refractivity contribution in [3.8, 4) is 0 Å². The molecule has 3 rings (SSSR count). The normalized spacial score (nSPS) is 16.4. The van der Waals surface area contributed by atoms with Crippen molar-refractivity contribution in [1.82, 2.24) is 15.3 Å². The van der Waals surface area contributed by atoms with Crippen molar-refractivity contribution in [3.05, 3.63) is 53.4 Å². The van der Waals surface area contributed by atoms with Crippen molar-refractivity contribution in [3.63, 3.8) is 0 Å². The van der Waals surface area contributed by atoms with E-state index in [1.807, 2.05) is 0 Å². The van der Waals surface area contributed by atoms with Gasteiger partial charge in [-0.1, -0.05) is 11.6 Å². The molecule has 1 aromatic heterocycles. The van der Waals surface area contributed by atoms with Crippen molar-refractivity contribution < 1.29 is 18.8 Å². The highest BCUT2D eigenvalue weighted by atomic mass is 35.5. The van der Waals surface area contributed by atoms with Gasteiger partial charge in [0.1, 0.15) is 6.04 Å². The van der Waals surface area contributed by atoms with Gasteiger partial charge in [0.25, 0.3) is 5.91 Å². The molecule has 2 heterocycles. The highest BCUT2D eigenvalue weighted by Crippen LogP contribution is 2.20. The number of carbonyl (C=O) groups excluding carboxylic acids is 3. The van der Waals surface area contributed by atoms with E-state index in [2.05, 4.69) is 10.7 Å². The maximum atomic E-state index is 12.7. The Balaban J connectivity index is 1.74. The standard InChI is InChI=1S/C18H17ClN4O4S/c1-2-22-17(26)13(10-15(24)20-12-7-5-11(19)6-8-12)23(18(22)28)21-16(25)14-4-3-9-27-14/h3-9,13H,2,10H2,1H3,(H,20,24)(H,21,25). The van der Waals surface area contributed by atoms with Gasteiger partial charge in [-0.15, -0.1) is 0 Å². The molecule has 1 aromatic carbocycles. The van der Waals surface area contributed by atoms with Gasteiger partial charge in [-0.25, -0.2) is 5.01 Å². The summed E-state index contributed by atoms with van der Waals surface area (Å²) in [5, 5.41) is 4.59. The summed E-state index contributed by atoms with van der Waals surface area (Å²) >= 11 is 11.1. The molecule has 0 bridgehead atoms. The highest BCUT2D eigenvalue weighted by molar-refractivity contribution is 7.80. The molecule has 2 aromatic rings. The number of benzene rings is 1. The Hall–Kier alpha value is -2.91. The topological polar surface area (TPSA) is 94.9 Å². The van der Waals surface area contributed by atoms with E-state index in [1.54, 1.807) is 37.3 Å². The zero-order chi connectivity index (χ0) is 20.3. The summed E-state index contributed by atoms with van der Waals surface area (Å²) in [6.45, 7) is 2.08. The largest absolute Gasteiger partial charge is 0.459 e. The SMILES string of the molecule is CCN1C(=O)C(CC(=O)Nc2ccc(Cl)cc2)N(NC(=O)c2ccco2)C1=S. The molecule has 1 fully saturated rings. The van der Waals surface area contributed by atoms with Gasteiger partial charge in [-0.05, 0) is 55.5 Å². The van der Waals surface area contributed by atoms with Crippen molar-refractivity contribution >= 4 is 52.3 Å². The number of carbonyl (C=O) groups is 3. The molecule has 0 spiro atoms. The van der Waals surface area contributed by atoms with Gasteiger partial charge < -0.3 is 9.73 Å². The Morgan fingerprint density at radius 3 is 2.57 bits per heavy atom. The van der Waals surface area contributed by atoms with Crippen LogP contribution in [0, 0.1) is 0 Å². The number of amides is 3. The van der Waals surface area contributed by atoms with E-state index in [0.717, 1.165) is 0 Å². The number of anilines is 1. The summed E-state index contributed by atoms with van der Waals surface area (Å²) in [5.74, 6) is -1.27. The number of nitrogens with one attached hydrogen (secondary N) is 2. The molecule has 3 amide bonds. The third-order valence-electron chi connectivity index (χ3n) is 4.09. The smallest absolute Gasteiger partial charge is 0.305 e. The monoisotopic (exact) mass is 420 g/mol. The molecular formula is C18H17ClN4O4S. The first-order valence-corrected chi connectivity index (χ1v) is 9.23. The first kappa shape index (κ1) is 19.8. The molecule has 146 valence electrons. The Morgan fingerprint density at radius 1 is 1.25 bits per heavy atom. The second kappa shape index (κ2) is 8.41. The number of rotatable bonds is 6. The summed E-state index contributed by atoms with van der Waals surface area (Å²) in [4.78, 5) is 38.8. The number of likely N-dealkylation sites (N-methyl/N-ethyl adjacent to an activating group) is 1. The van der Waals surface area contributed by atoms with Crippen molar-refractivity contribution in [2.75, 3.05) is 11.9 Å². The van der Waals surface area contributed by atoms with Crippen molar-refractivity contribution in [1.29, 1.82) is 0 Å². The van der Waals surface area contributed by atoms with E-state index in [9.17, 15) is 14.4 Å². The summed E-state index contributed by atoms with van der Waals surface area (Å²) in [6.07, 6.45) is 1.16. The zero-order valence-corrected chi connectivity index (χ0v) is 16.4. The fourth-order valence-electron chi connectivity index (χ4n) is 2.74. The molecule has 0 aliphatic carbocycles. The molecule has 0 radical (unpaired) electrons. The number of hydrogen-bond acceptors (Lipinski definition) is 5. The molecule has 0 saturated carbocycles. The lowest BCUT2D eigenvalue weighted by molar-refractivity contribution is -0.130. The van der Waals surface area contributed by atoms with Crippen LogP contribution in [0.4, 0.5) is 5.69 Å². The van der Waals surface area contributed by atoms with E-state index in [-0.39, 0.29) is 23.2 Å².